The number of carbonyl (C=O) groups is 1. The molecule has 0 saturated heterocycles. The number of rotatable bonds is 5. The molecule has 7 heteroatoms. The molecule has 0 aliphatic heterocycles. The molecule has 0 heterocycles. The van der Waals surface area contributed by atoms with Crippen LogP contribution < -0.4 is 4.74 Å². The molecule has 5 nitrogen and oxygen atoms in total. The van der Waals surface area contributed by atoms with Crippen molar-refractivity contribution >= 4 is 27.4 Å². The molecule has 0 unspecified atom stereocenters. The molecular formula is C17H15ClO5S. The maximum absolute atomic E-state index is 12.8. The Bertz CT molecular complexity index is 859. The van der Waals surface area contributed by atoms with Crippen molar-refractivity contribution in [2.45, 2.75) is 16.1 Å². The molecule has 0 amide bonds. The van der Waals surface area contributed by atoms with Crippen LogP contribution in [0.25, 0.3) is 0 Å². The lowest BCUT2D eigenvalue weighted by Crippen LogP contribution is -2.13. The lowest BCUT2D eigenvalue weighted by molar-refractivity contribution is -0.138. The molecule has 1 aliphatic rings. The first-order valence-corrected chi connectivity index (χ1v) is 9.15. The summed E-state index contributed by atoms with van der Waals surface area (Å²) < 4.78 is 30.7. The van der Waals surface area contributed by atoms with Crippen molar-refractivity contribution in [1.29, 1.82) is 0 Å². The predicted molar refractivity (Wildman–Crippen MR) is 89.3 cm³/mol. The van der Waals surface area contributed by atoms with Crippen LogP contribution in [0.3, 0.4) is 0 Å². The third-order valence-corrected chi connectivity index (χ3v) is 6.72. The molecule has 126 valence electrons. The number of aliphatic carboxylic acids is 1. The summed E-state index contributed by atoms with van der Waals surface area (Å²) in [5, 5.41) is 8.84. The molecule has 3 rings (SSSR count). The van der Waals surface area contributed by atoms with E-state index >= 15 is 0 Å². The third-order valence-electron chi connectivity index (χ3n) is 4.24. The molecule has 1 fully saturated rings. The van der Waals surface area contributed by atoms with Gasteiger partial charge in [-0.05, 0) is 42.0 Å². The monoisotopic (exact) mass is 366 g/mol. The summed E-state index contributed by atoms with van der Waals surface area (Å²) in [5.74, 6) is -2.02. The number of carboxylic acid groups (broad SMARTS) is 1. The van der Waals surface area contributed by atoms with Crippen molar-refractivity contribution in [3.63, 3.8) is 0 Å². The molecule has 2 aromatic rings. The summed E-state index contributed by atoms with van der Waals surface area (Å²) >= 11 is 5.79. The van der Waals surface area contributed by atoms with Crippen LogP contribution in [0.5, 0.6) is 5.75 Å². The van der Waals surface area contributed by atoms with E-state index in [1.807, 2.05) is 0 Å². The number of halogens is 1. The van der Waals surface area contributed by atoms with Crippen molar-refractivity contribution in [1.82, 2.24) is 0 Å². The zero-order valence-corrected chi connectivity index (χ0v) is 14.3. The Labute approximate surface area is 144 Å². The van der Waals surface area contributed by atoms with E-state index in [1.54, 1.807) is 24.3 Å². The summed E-state index contributed by atoms with van der Waals surface area (Å²) in [7, 11) is -2.23. The minimum Gasteiger partial charge on any atom is -0.497 e. The van der Waals surface area contributed by atoms with Crippen LogP contribution >= 0.6 is 11.6 Å². The average Bonchev–Trinajstić information content (AvgIpc) is 3.32. The highest BCUT2D eigenvalue weighted by atomic mass is 35.5. The smallest absolute Gasteiger partial charge is 0.308 e. The van der Waals surface area contributed by atoms with E-state index in [0.717, 1.165) is 0 Å². The highest BCUT2D eigenvalue weighted by molar-refractivity contribution is 7.92. The van der Waals surface area contributed by atoms with Gasteiger partial charge in [0.25, 0.3) is 0 Å². The number of carboxylic acids is 1. The van der Waals surface area contributed by atoms with Crippen molar-refractivity contribution < 1.29 is 23.1 Å². The Morgan fingerprint density at radius 1 is 1.08 bits per heavy atom. The van der Waals surface area contributed by atoms with E-state index in [9.17, 15) is 18.3 Å². The Morgan fingerprint density at radius 2 is 1.67 bits per heavy atom. The molecular weight excluding hydrogens is 352 g/mol. The van der Waals surface area contributed by atoms with Gasteiger partial charge in [0.1, 0.15) is 5.75 Å². The molecule has 0 aromatic heterocycles. The topological polar surface area (TPSA) is 80.7 Å². The molecule has 0 radical (unpaired) electrons. The first-order chi connectivity index (χ1) is 11.4. The molecule has 0 spiro atoms. The van der Waals surface area contributed by atoms with Gasteiger partial charge in [-0.1, -0.05) is 23.7 Å². The van der Waals surface area contributed by atoms with Crippen molar-refractivity contribution in [3.8, 4) is 5.75 Å². The van der Waals surface area contributed by atoms with Crippen LogP contribution in [0.1, 0.15) is 11.5 Å². The lowest BCUT2D eigenvalue weighted by Gasteiger charge is -2.05. The summed E-state index contributed by atoms with van der Waals surface area (Å²) in [6.45, 7) is 0. The van der Waals surface area contributed by atoms with E-state index < -0.39 is 32.9 Å². The van der Waals surface area contributed by atoms with E-state index in [-0.39, 0.29) is 4.90 Å². The Kier molecular flexibility index (Phi) is 4.27. The fourth-order valence-electron chi connectivity index (χ4n) is 2.97. The minimum atomic E-state index is -3.76. The quantitative estimate of drug-likeness (QED) is 0.879. The fraction of sp³-hybridized carbons (Fsp3) is 0.235. The number of hydrogen-bond acceptors (Lipinski definition) is 4. The lowest BCUT2D eigenvalue weighted by atomic mass is 10.1. The van der Waals surface area contributed by atoms with E-state index in [0.29, 0.717) is 16.3 Å². The van der Waals surface area contributed by atoms with Crippen molar-refractivity contribution in [2.24, 2.45) is 5.92 Å². The van der Waals surface area contributed by atoms with Gasteiger partial charge in [-0.3, -0.25) is 4.79 Å². The zero-order valence-electron chi connectivity index (χ0n) is 12.7. The summed E-state index contributed by atoms with van der Waals surface area (Å²) in [5.41, 5.74) is 0.672. The van der Waals surface area contributed by atoms with Gasteiger partial charge < -0.3 is 9.84 Å². The second-order valence-electron chi connectivity index (χ2n) is 5.63. The SMILES string of the molecule is COc1ccc([C@@H]2[C@@H](C(=O)O)[C@@H]2S(=O)(=O)c2ccc(Cl)cc2)cc1. The predicted octanol–water partition coefficient (Wildman–Crippen LogP) is 2.99. The largest absolute Gasteiger partial charge is 0.497 e. The van der Waals surface area contributed by atoms with Gasteiger partial charge in [-0.15, -0.1) is 0 Å². The average molecular weight is 367 g/mol. The van der Waals surface area contributed by atoms with Crippen LogP contribution in [0.2, 0.25) is 5.02 Å². The van der Waals surface area contributed by atoms with Crippen LogP contribution in [-0.4, -0.2) is 31.9 Å². The Hall–Kier alpha value is -2.05. The fourth-order valence-corrected chi connectivity index (χ4v) is 5.22. The number of methoxy groups -OCH3 is 1. The van der Waals surface area contributed by atoms with Crippen LogP contribution in [-0.2, 0) is 14.6 Å². The Morgan fingerprint density at radius 3 is 2.17 bits per heavy atom. The van der Waals surface area contributed by atoms with E-state index in [1.165, 1.54) is 31.4 Å². The van der Waals surface area contributed by atoms with Crippen molar-refractivity contribution in [2.75, 3.05) is 7.11 Å². The zero-order chi connectivity index (χ0) is 17.5. The van der Waals surface area contributed by atoms with Crippen LogP contribution in [0.4, 0.5) is 0 Å². The maximum atomic E-state index is 12.8. The normalized spacial score (nSPS) is 22.8. The third kappa shape index (κ3) is 2.87. The van der Waals surface area contributed by atoms with E-state index in [2.05, 4.69) is 0 Å². The van der Waals surface area contributed by atoms with Gasteiger partial charge >= 0.3 is 5.97 Å². The van der Waals surface area contributed by atoms with Gasteiger partial charge in [0, 0.05) is 10.9 Å². The molecule has 0 bridgehead atoms. The molecule has 1 saturated carbocycles. The van der Waals surface area contributed by atoms with Gasteiger partial charge in [-0.25, -0.2) is 8.42 Å². The van der Waals surface area contributed by atoms with Gasteiger partial charge in [-0.2, -0.15) is 0 Å². The molecule has 2 aromatic carbocycles. The number of hydrogen-bond donors (Lipinski definition) is 1. The number of sulfone groups is 1. The van der Waals surface area contributed by atoms with Gasteiger partial charge in [0.2, 0.25) is 0 Å². The summed E-state index contributed by atoms with van der Waals surface area (Å²) in [4.78, 5) is 11.6. The first kappa shape index (κ1) is 16.8. The van der Waals surface area contributed by atoms with Gasteiger partial charge in [0.05, 0.1) is 23.2 Å². The first-order valence-electron chi connectivity index (χ1n) is 7.22. The second-order valence-corrected chi connectivity index (χ2v) is 8.17. The standard InChI is InChI=1S/C17H15ClO5S/c1-23-12-6-2-10(3-7-12)14-15(17(19)20)16(14)24(21,22)13-8-4-11(18)5-9-13/h2-9,14-16H,1H3,(H,19,20)/t14-,15-,16-/m1/s1. The van der Waals surface area contributed by atoms with Gasteiger partial charge in [0.15, 0.2) is 9.84 Å². The highest BCUT2D eigenvalue weighted by Crippen LogP contribution is 2.54. The van der Waals surface area contributed by atoms with E-state index in [4.69, 9.17) is 16.3 Å². The minimum absolute atomic E-state index is 0.0826. The molecule has 1 N–H and O–H groups in total. The molecule has 24 heavy (non-hydrogen) atoms. The van der Waals surface area contributed by atoms with Crippen LogP contribution in [0, 0.1) is 5.92 Å². The molecule has 3 atom stereocenters. The number of ether oxygens (including phenoxy) is 1. The Balaban J connectivity index is 1.96. The maximum Gasteiger partial charge on any atom is 0.308 e. The summed E-state index contributed by atoms with van der Waals surface area (Å²) in [6, 6.07) is 12.6. The van der Waals surface area contributed by atoms with Crippen LogP contribution in [0.15, 0.2) is 53.4 Å². The summed E-state index contributed by atoms with van der Waals surface area (Å²) in [6.07, 6.45) is 0. The van der Waals surface area contributed by atoms with Crippen molar-refractivity contribution in [3.05, 3.63) is 59.1 Å². The molecule has 1 aliphatic carbocycles. The highest BCUT2D eigenvalue weighted by Gasteiger charge is 2.63. The number of benzene rings is 2. The second kappa shape index (κ2) is 6.11.